The first kappa shape index (κ1) is 16.2. The van der Waals surface area contributed by atoms with Crippen molar-refractivity contribution in [1.82, 2.24) is 5.32 Å². The van der Waals surface area contributed by atoms with E-state index in [4.69, 9.17) is 0 Å². The summed E-state index contributed by atoms with van der Waals surface area (Å²) in [6.45, 7) is 4.66. The van der Waals surface area contributed by atoms with E-state index >= 15 is 0 Å². The van der Waals surface area contributed by atoms with E-state index in [0.717, 1.165) is 12.0 Å². The average molecular weight is 316 g/mol. The molecule has 0 saturated carbocycles. The number of rotatable bonds is 5. The number of hydrogen-bond donors (Lipinski definition) is 2. The van der Waals surface area contributed by atoms with Crippen molar-refractivity contribution in [3.05, 3.63) is 52.2 Å². The van der Waals surface area contributed by atoms with E-state index in [1.54, 1.807) is 11.3 Å². The quantitative estimate of drug-likeness (QED) is 0.832. The molecule has 0 bridgehead atoms. The Morgan fingerprint density at radius 2 is 1.82 bits per heavy atom. The zero-order chi connectivity index (χ0) is 15.9. The zero-order valence-corrected chi connectivity index (χ0v) is 13.6. The van der Waals surface area contributed by atoms with Crippen molar-refractivity contribution in [1.29, 1.82) is 0 Å². The van der Waals surface area contributed by atoms with Gasteiger partial charge >= 0.3 is 11.8 Å². The van der Waals surface area contributed by atoms with Crippen molar-refractivity contribution in [3.63, 3.8) is 0 Å². The van der Waals surface area contributed by atoms with Crippen LogP contribution in [0.15, 0.2) is 41.1 Å². The Balaban J connectivity index is 1.79. The summed E-state index contributed by atoms with van der Waals surface area (Å²) >= 11 is 1.62. The number of hydrogen-bond acceptors (Lipinski definition) is 3. The second-order valence-electron chi connectivity index (χ2n) is 5.37. The lowest BCUT2D eigenvalue weighted by Gasteiger charge is -2.08. The van der Waals surface area contributed by atoms with E-state index in [9.17, 15) is 9.59 Å². The van der Waals surface area contributed by atoms with Crippen molar-refractivity contribution in [2.75, 3.05) is 11.9 Å². The molecule has 4 nitrogen and oxygen atoms in total. The summed E-state index contributed by atoms with van der Waals surface area (Å²) in [4.78, 5) is 23.5. The molecule has 22 heavy (non-hydrogen) atoms. The predicted octanol–water partition coefficient (Wildman–Crippen LogP) is 3.17. The van der Waals surface area contributed by atoms with Gasteiger partial charge in [0.25, 0.3) is 0 Å². The van der Waals surface area contributed by atoms with Crippen LogP contribution in [0.4, 0.5) is 5.69 Å². The van der Waals surface area contributed by atoms with Gasteiger partial charge in [-0.3, -0.25) is 9.59 Å². The molecule has 0 atom stereocenters. The Hall–Kier alpha value is -2.14. The summed E-state index contributed by atoms with van der Waals surface area (Å²) < 4.78 is 0. The normalized spacial score (nSPS) is 10.5. The molecule has 0 fully saturated rings. The highest BCUT2D eigenvalue weighted by Crippen LogP contribution is 2.17. The SMILES string of the molecule is CC(C)c1ccc(NC(=O)C(=O)NCCc2ccsc2)cc1. The molecule has 0 unspecified atom stereocenters. The van der Waals surface area contributed by atoms with Crippen LogP contribution in [0.2, 0.25) is 0 Å². The van der Waals surface area contributed by atoms with Gasteiger partial charge < -0.3 is 10.6 Å². The van der Waals surface area contributed by atoms with E-state index in [2.05, 4.69) is 24.5 Å². The summed E-state index contributed by atoms with van der Waals surface area (Å²) in [6.07, 6.45) is 0.728. The number of nitrogens with one attached hydrogen (secondary N) is 2. The van der Waals surface area contributed by atoms with Crippen molar-refractivity contribution in [3.8, 4) is 0 Å². The second kappa shape index (κ2) is 7.75. The first-order valence-electron chi connectivity index (χ1n) is 7.26. The number of benzene rings is 1. The molecule has 0 aliphatic heterocycles. The molecular formula is C17H20N2O2S. The Bertz CT molecular complexity index is 619. The van der Waals surface area contributed by atoms with Gasteiger partial charge in [-0.15, -0.1) is 0 Å². The smallest absolute Gasteiger partial charge is 0.313 e. The third kappa shape index (κ3) is 4.70. The number of thiophene rings is 1. The minimum absolute atomic E-state index is 0.435. The van der Waals surface area contributed by atoms with Gasteiger partial charge in [0.1, 0.15) is 0 Å². The maximum atomic E-state index is 11.8. The van der Waals surface area contributed by atoms with Crippen molar-refractivity contribution >= 4 is 28.8 Å². The minimum Gasteiger partial charge on any atom is -0.347 e. The largest absolute Gasteiger partial charge is 0.347 e. The molecule has 1 aromatic carbocycles. The van der Waals surface area contributed by atoms with Crippen LogP contribution in [0.25, 0.3) is 0 Å². The van der Waals surface area contributed by atoms with Crippen LogP contribution in [0, 0.1) is 0 Å². The van der Waals surface area contributed by atoms with Gasteiger partial charge in [0.05, 0.1) is 0 Å². The van der Waals surface area contributed by atoms with E-state index in [0.29, 0.717) is 18.2 Å². The second-order valence-corrected chi connectivity index (χ2v) is 6.15. The summed E-state index contributed by atoms with van der Waals surface area (Å²) in [6, 6.07) is 9.54. The topological polar surface area (TPSA) is 58.2 Å². The zero-order valence-electron chi connectivity index (χ0n) is 12.8. The predicted molar refractivity (Wildman–Crippen MR) is 90.2 cm³/mol. The lowest BCUT2D eigenvalue weighted by molar-refractivity contribution is -0.136. The first-order valence-corrected chi connectivity index (χ1v) is 8.20. The third-order valence-corrected chi connectivity index (χ3v) is 4.05. The molecule has 1 aromatic heterocycles. The molecule has 0 aliphatic rings. The highest BCUT2D eigenvalue weighted by atomic mass is 32.1. The van der Waals surface area contributed by atoms with Crippen LogP contribution in [-0.4, -0.2) is 18.4 Å². The standard InChI is InChI=1S/C17H20N2O2S/c1-12(2)14-3-5-15(6-4-14)19-17(21)16(20)18-9-7-13-8-10-22-11-13/h3-6,8,10-12H,7,9H2,1-2H3,(H,18,20)(H,19,21). The maximum Gasteiger partial charge on any atom is 0.313 e. The number of amides is 2. The van der Waals surface area contributed by atoms with Gasteiger partial charge in [-0.05, 0) is 52.4 Å². The molecular weight excluding hydrogens is 296 g/mol. The Morgan fingerprint density at radius 1 is 1.09 bits per heavy atom. The summed E-state index contributed by atoms with van der Waals surface area (Å²) in [5, 5.41) is 9.25. The highest BCUT2D eigenvalue weighted by molar-refractivity contribution is 7.07. The lowest BCUT2D eigenvalue weighted by Crippen LogP contribution is -2.36. The molecule has 2 aromatic rings. The van der Waals surface area contributed by atoms with Gasteiger partial charge in [-0.25, -0.2) is 0 Å². The Labute approximate surface area is 134 Å². The van der Waals surface area contributed by atoms with Gasteiger partial charge in [0.2, 0.25) is 0 Å². The molecule has 0 radical (unpaired) electrons. The number of carbonyl (C=O) groups excluding carboxylic acids is 2. The molecule has 5 heteroatoms. The van der Waals surface area contributed by atoms with Gasteiger partial charge in [0.15, 0.2) is 0 Å². The number of carbonyl (C=O) groups is 2. The molecule has 116 valence electrons. The summed E-state index contributed by atoms with van der Waals surface area (Å²) in [7, 11) is 0. The fourth-order valence-electron chi connectivity index (χ4n) is 1.97. The fourth-order valence-corrected chi connectivity index (χ4v) is 2.68. The van der Waals surface area contributed by atoms with Gasteiger partial charge in [-0.1, -0.05) is 26.0 Å². The van der Waals surface area contributed by atoms with E-state index in [1.165, 1.54) is 5.56 Å². The number of anilines is 1. The van der Waals surface area contributed by atoms with E-state index in [1.807, 2.05) is 41.1 Å². The van der Waals surface area contributed by atoms with Crippen LogP contribution < -0.4 is 10.6 Å². The first-order chi connectivity index (χ1) is 10.6. The lowest BCUT2D eigenvalue weighted by atomic mass is 10.0. The molecule has 0 saturated heterocycles. The summed E-state index contributed by atoms with van der Waals surface area (Å²) in [5.41, 5.74) is 2.98. The van der Waals surface area contributed by atoms with Crippen LogP contribution in [0.3, 0.4) is 0 Å². The minimum atomic E-state index is -0.636. The van der Waals surface area contributed by atoms with Gasteiger partial charge in [-0.2, -0.15) is 11.3 Å². The Morgan fingerprint density at radius 3 is 2.41 bits per heavy atom. The van der Waals surface area contributed by atoms with Crippen LogP contribution in [0.5, 0.6) is 0 Å². The molecule has 0 aliphatic carbocycles. The highest BCUT2D eigenvalue weighted by Gasteiger charge is 2.13. The Kier molecular flexibility index (Phi) is 5.72. The van der Waals surface area contributed by atoms with Crippen molar-refractivity contribution in [2.45, 2.75) is 26.2 Å². The van der Waals surface area contributed by atoms with Gasteiger partial charge in [0, 0.05) is 12.2 Å². The van der Waals surface area contributed by atoms with Crippen LogP contribution in [0.1, 0.15) is 30.9 Å². The van der Waals surface area contributed by atoms with E-state index in [-0.39, 0.29) is 0 Å². The molecule has 2 amide bonds. The van der Waals surface area contributed by atoms with Crippen molar-refractivity contribution < 1.29 is 9.59 Å². The molecule has 2 rings (SSSR count). The van der Waals surface area contributed by atoms with Crippen LogP contribution in [-0.2, 0) is 16.0 Å². The third-order valence-electron chi connectivity index (χ3n) is 3.32. The summed E-state index contributed by atoms with van der Waals surface area (Å²) in [5.74, 6) is -0.809. The fraction of sp³-hybridized carbons (Fsp3) is 0.294. The van der Waals surface area contributed by atoms with Crippen molar-refractivity contribution in [2.24, 2.45) is 0 Å². The average Bonchev–Trinajstić information content (AvgIpc) is 3.01. The monoisotopic (exact) mass is 316 g/mol. The molecule has 1 heterocycles. The molecule has 2 N–H and O–H groups in total. The maximum absolute atomic E-state index is 11.8. The van der Waals surface area contributed by atoms with E-state index < -0.39 is 11.8 Å². The van der Waals surface area contributed by atoms with Crippen LogP contribution >= 0.6 is 11.3 Å². The molecule has 0 spiro atoms.